The number of nitrogens with one attached hydrogen (secondary N) is 1. The first kappa shape index (κ1) is 15.9. The molecule has 0 saturated heterocycles. The van der Waals surface area contributed by atoms with Gasteiger partial charge in [0.15, 0.2) is 0 Å². The van der Waals surface area contributed by atoms with E-state index in [-0.39, 0.29) is 12.5 Å². The van der Waals surface area contributed by atoms with Crippen molar-refractivity contribution in [2.24, 2.45) is 0 Å². The zero-order chi connectivity index (χ0) is 16.2. The zero-order valence-electron chi connectivity index (χ0n) is 11.8. The van der Waals surface area contributed by atoms with Crippen LogP contribution < -0.4 is 10.1 Å². The van der Waals surface area contributed by atoms with Crippen molar-refractivity contribution in [2.75, 3.05) is 5.32 Å². The Hall–Kier alpha value is -2.50. The topological polar surface area (TPSA) is 38.3 Å². The lowest BCUT2D eigenvalue weighted by atomic mass is 10.1. The van der Waals surface area contributed by atoms with E-state index in [2.05, 4.69) is 5.32 Å². The number of hydrogen-bond donors (Lipinski definition) is 1. The minimum atomic E-state index is -4.38. The quantitative estimate of drug-likeness (QED) is 0.917. The van der Waals surface area contributed by atoms with Crippen LogP contribution in [0.5, 0.6) is 5.75 Å². The fourth-order valence-corrected chi connectivity index (χ4v) is 1.88. The maximum Gasteiger partial charge on any atom is 0.416 e. The molecule has 6 heteroatoms. The summed E-state index contributed by atoms with van der Waals surface area (Å²) in [5.41, 5.74) is 0.151. The van der Waals surface area contributed by atoms with Gasteiger partial charge in [-0.2, -0.15) is 13.2 Å². The lowest BCUT2D eigenvalue weighted by molar-refractivity contribution is -0.137. The molecule has 2 aromatic carbocycles. The molecule has 0 aliphatic rings. The van der Waals surface area contributed by atoms with Gasteiger partial charge in [-0.1, -0.05) is 24.3 Å². The smallest absolute Gasteiger partial charge is 0.416 e. The van der Waals surface area contributed by atoms with Crippen molar-refractivity contribution in [3.63, 3.8) is 0 Å². The minimum absolute atomic E-state index is 0.0273. The van der Waals surface area contributed by atoms with E-state index < -0.39 is 11.7 Å². The molecule has 0 spiro atoms. The molecule has 0 aliphatic carbocycles. The third kappa shape index (κ3) is 4.25. The van der Waals surface area contributed by atoms with Crippen LogP contribution in [0.15, 0.2) is 48.5 Å². The fraction of sp³-hybridized carbons (Fsp3) is 0.188. The molecule has 0 aliphatic heterocycles. The molecule has 0 atom stereocenters. The first-order chi connectivity index (χ1) is 10.4. The summed E-state index contributed by atoms with van der Waals surface area (Å²) in [6, 6.07) is 11.7. The fourth-order valence-electron chi connectivity index (χ4n) is 1.88. The molecule has 1 N–H and O–H groups in total. The van der Waals surface area contributed by atoms with Gasteiger partial charge in [0.25, 0.3) is 0 Å². The largest absolute Gasteiger partial charge is 0.487 e. The lowest BCUT2D eigenvalue weighted by Crippen LogP contribution is -2.08. The monoisotopic (exact) mass is 309 g/mol. The molecule has 0 saturated carbocycles. The van der Waals surface area contributed by atoms with E-state index in [4.69, 9.17) is 4.74 Å². The number of carbonyl (C=O) groups is 1. The molecular weight excluding hydrogens is 295 g/mol. The van der Waals surface area contributed by atoms with E-state index in [0.29, 0.717) is 17.0 Å². The molecule has 0 fully saturated rings. The minimum Gasteiger partial charge on any atom is -0.487 e. The van der Waals surface area contributed by atoms with Gasteiger partial charge in [-0.05, 0) is 29.8 Å². The number of para-hydroxylation sites is 2. The lowest BCUT2D eigenvalue weighted by Gasteiger charge is -2.13. The van der Waals surface area contributed by atoms with Crippen LogP contribution >= 0.6 is 0 Å². The Balaban J connectivity index is 2.12. The van der Waals surface area contributed by atoms with Gasteiger partial charge in [0.1, 0.15) is 12.4 Å². The second-order valence-corrected chi connectivity index (χ2v) is 4.66. The standard InChI is InChI=1S/C16H14F3NO2/c1-11(21)20-14-7-2-3-8-15(14)22-10-12-5-4-6-13(9-12)16(17,18)19/h2-9H,10H2,1H3,(H,20,21). The van der Waals surface area contributed by atoms with Gasteiger partial charge in [0.05, 0.1) is 11.3 Å². The highest BCUT2D eigenvalue weighted by molar-refractivity contribution is 5.90. The Morgan fingerprint density at radius 2 is 1.86 bits per heavy atom. The van der Waals surface area contributed by atoms with Crippen molar-refractivity contribution in [3.8, 4) is 5.75 Å². The second kappa shape index (κ2) is 6.51. The van der Waals surface area contributed by atoms with Crippen LogP contribution in [-0.2, 0) is 17.6 Å². The first-order valence-corrected chi connectivity index (χ1v) is 6.52. The average molecular weight is 309 g/mol. The summed E-state index contributed by atoms with van der Waals surface area (Å²) in [5.74, 6) is 0.144. The number of anilines is 1. The SMILES string of the molecule is CC(=O)Nc1ccccc1OCc1cccc(C(F)(F)F)c1. The molecule has 0 bridgehead atoms. The summed E-state index contributed by atoms with van der Waals surface area (Å²) >= 11 is 0. The Morgan fingerprint density at radius 3 is 2.55 bits per heavy atom. The third-order valence-corrected chi connectivity index (χ3v) is 2.85. The van der Waals surface area contributed by atoms with Gasteiger partial charge >= 0.3 is 6.18 Å². The summed E-state index contributed by atoms with van der Waals surface area (Å²) in [7, 11) is 0. The molecule has 3 nitrogen and oxygen atoms in total. The zero-order valence-corrected chi connectivity index (χ0v) is 11.8. The molecule has 2 aromatic rings. The number of ether oxygens (including phenoxy) is 1. The summed E-state index contributed by atoms with van der Waals surface area (Å²) in [6.07, 6.45) is -4.38. The molecule has 0 unspecified atom stereocenters. The molecule has 2 rings (SSSR count). The molecule has 116 valence electrons. The van der Waals surface area contributed by atoms with Gasteiger partial charge in [0, 0.05) is 6.92 Å². The van der Waals surface area contributed by atoms with Crippen molar-refractivity contribution >= 4 is 11.6 Å². The number of carbonyl (C=O) groups excluding carboxylic acids is 1. The van der Waals surface area contributed by atoms with Gasteiger partial charge in [0.2, 0.25) is 5.91 Å². The Morgan fingerprint density at radius 1 is 1.14 bits per heavy atom. The van der Waals surface area contributed by atoms with Crippen LogP contribution in [0.1, 0.15) is 18.1 Å². The van der Waals surface area contributed by atoms with E-state index in [1.54, 1.807) is 30.3 Å². The summed E-state index contributed by atoms with van der Waals surface area (Å²) in [4.78, 5) is 11.1. The van der Waals surface area contributed by atoms with Gasteiger partial charge in [-0.3, -0.25) is 4.79 Å². The van der Waals surface area contributed by atoms with Crippen LogP contribution in [0.2, 0.25) is 0 Å². The number of halogens is 3. The van der Waals surface area contributed by atoms with E-state index in [1.807, 2.05) is 0 Å². The number of benzene rings is 2. The molecule has 0 radical (unpaired) electrons. The molecule has 1 amide bonds. The summed E-state index contributed by atoms with van der Waals surface area (Å²) in [6.45, 7) is 1.34. The van der Waals surface area contributed by atoms with Crippen LogP contribution in [-0.4, -0.2) is 5.91 Å². The Kier molecular flexibility index (Phi) is 4.70. The number of hydrogen-bond acceptors (Lipinski definition) is 2. The van der Waals surface area contributed by atoms with Crippen molar-refractivity contribution in [1.29, 1.82) is 0 Å². The van der Waals surface area contributed by atoms with E-state index >= 15 is 0 Å². The van der Waals surface area contributed by atoms with Gasteiger partial charge < -0.3 is 10.1 Å². The highest BCUT2D eigenvalue weighted by Crippen LogP contribution is 2.30. The molecule has 0 aromatic heterocycles. The summed E-state index contributed by atoms with van der Waals surface area (Å²) in [5, 5.41) is 2.60. The van der Waals surface area contributed by atoms with E-state index in [9.17, 15) is 18.0 Å². The highest BCUT2D eigenvalue weighted by Gasteiger charge is 2.30. The average Bonchev–Trinajstić information content (AvgIpc) is 2.45. The van der Waals surface area contributed by atoms with Crippen LogP contribution in [0.3, 0.4) is 0 Å². The maximum atomic E-state index is 12.7. The normalized spacial score (nSPS) is 11.1. The van der Waals surface area contributed by atoms with E-state index in [0.717, 1.165) is 12.1 Å². The van der Waals surface area contributed by atoms with Crippen LogP contribution in [0.25, 0.3) is 0 Å². The third-order valence-electron chi connectivity index (χ3n) is 2.85. The van der Waals surface area contributed by atoms with Crippen molar-refractivity contribution < 1.29 is 22.7 Å². The molecule has 22 heavy (non-hydrogen) atoms. The first-order valence-electron chi connectivity index (χ1n) is 6.52. The molecule has 0 heterocycles. The molecular formula is C16H14F3NO2. The predicted molar refractivity (Wildman–Crippen MR) is 76.5 cm³/mol. The van der Waals surface area contributed by atoms with Crippen molar-refractivity contribution in [1.82, 2.24) is 0 Å². The number of amides is 1. The van der Waals surface area contributed by atoms with Crippen LogP contribution in [0.4, 0.5) is 18.9 Å². The Bertz CT molecular complexity index is 668. The van der Waals surface area contributed by atoms with Gasteiger partial charge in [-0.25, -0.2) is 0 Å². The van der Waals surface area contributed by atoms with E-state index in [1.165, 1.54) is 13.0 Å². The maximum absolute atomic E-state index is 12.7. The number of rotatable bonds is 4. The van der Waals surface area contributed by atoms with Gasteiger partial charge in [-0.15, -0.1) is 0 Å². The number of alkyl halides is 3. The van der Waals surface area contributed by atoms with Crippen LogP contribution in [0, 0.1) is 0 Å². The predicted octanol–water partition coefficient (Wildman–Crippen LogP) is 4.24. The Labute approximate surface area is 125 Å². The second-order valence-electron chi connectivity index (χ2n) is 4.66. The highest BCUT2D eigenvalue weighted by atomic mass is 19.4. The van der Waals surface area contributed by atoms with Crippen molar-refractivity contribution in [3.05, 3.63) is 59.7 Å². The van der Waals surface area contributed by atoms with Crippen molar-refractivity contribution in [2.45, 2.75) is 19.7 Å². The summed E-state index contributed by atoms with van der Waals surface area (Å²) < 4.78 is 43.5.